The minimum absolute atomic E-state index is 0.207. The first-order valence-corrected chi connectivity index (χ1v) is 7.60. The van der Waals surface area contributed by atoms with E-state index in [9.17, 15) is 9.59 Å². The molecule has 3 rings (SSSR count). The monoisotopic (exact) mass is 330 g/mol. The highest BCUT2D eigenvalue weighted by Crippen LogP contribution is 2.18. The largest absolute Gasteiger partial charge is 0.464 e. The number of amides is 1. The Bertz CT molecular complexity index is 714. The Balaban J connectivity index is 1.62. The number of carbonyl (C=O) groups excluding carboxylic acids is 2. The number of rotatable bonds is 4. The maximum Gasteiger partial charge on any atom is 0.328 e. The molecule has 6 heteroatoms. The lowest BCUT2D eigenvalue weighted by molar-refractivity contribution is -0.138. The van der Waals surface area contributed by atoms with Gasteiger partial charge in [0, 0.05) is 28.4 Å². The average Bonchev–Trinajstić information content (AvgIpc) is 2.95. The first-order chi connectivity index (χ1) is 11.1. The highest BCUT2D eigenvalue weighted by Gasteiger charge is 2.25. The maximum absolute atomic E-state index is 12.1. The number of carbonyl (C=O) groups is 2. The standard InChI is InChI=1S/C17H15ClN2O3/c18-12-3-1-11(2-4-12)16(21)20-14-7-5-13(6-8-14)19-15-9-10-23-17(15)22/h1-8,15,19H,9-10H2,(H,20,21)/t15-/m0/s1. The lowest BCUT2D eigenvalue weighted by Crippen LogP contribution is -2.24. The summed E-state index contributed by atoms with van der Waals surface area (Å²) < 4.78 is 4.90. The predicted octanol–water partition coefficient (Wildman–Crippen LogP) is 3.32. The first-order valence-electron chi connectivity index (χ1n) is 7.22. The Morgan fingerprint density at radius 2 is 1.70 bits per heavy atom. The number of esters is 1. The third-order valence-electron chi connectivity index (χ3n) is 3.53. The molecule has 1 atom stereocenters. The second-order valence-electron chi connectivity index (χ2n) is 5.19. The molecule has 1 fully saturated rings. The van der Waals surface area contributed by atoms with Crippen molar-refractivity contribution in [1.82, 2.24) is 0 Å². The molecule has 2 aromatic rings. The number of cyclic esters (lactones) is 1. The van der Waals surface area contributed by atoms with Gasteiger partial charge in [0.1, 0.15) is 6.04 Å². The van der Waals surface area contributed by atoms with E-state index >= 15 is 0 Å². The van der Waals surface area contributed by atoms with Gasteiger partial charge in [-0.1, -0.05) is 11.6 Å². The van der Waals surface area contributed by atoms with Crippen molar-refractivity contribution < 1.29 is 14.3 Å². The maximum atomic E-state index is 12.1. The van der Waals surface area contributed by atoms with Crippen LogP contribution in [0.5, 0.6) is 0 Å². The number of benzene rings is 2. The molecule has 2 aromatic carbocycles. The number of anilines is 2. The molecule has 1 aliphatic heterocycles. The summed E-state index contributed by atoms with van der Waals surface area (Å²) in [6, 6.07) is 13.5. The molecule has 1 saturated heterocycles. The topological polar surface area (TPSA) is 67.4 Å². The molecular weight excluding hydrogens is 316 g/mol. The Morgan fingerprint density at radius 1 is 1.04 bits per heavy atom. The van der Waals surface area contributed by atoms with E-state index in [0.29, 0.717) is 29.3 Å². The normalized spacial score (nSPS) is 16.7. The zero-order valence-corrected chi connectivity index (χ0v) is 13.0. The summed E-state index contributed by atoms with van der Waals surface area (Å²) in [5.74, 6) is -0.438. The molecule has 0 saturated carbocycles. The summed E-state index contributed by atoms with van der Waals surface area (Å²) in [6.45, 7) is 0.450. The van der Waals surface area contributed by atoms with Crippen molar-refractivity contribution in [1.29, 1.82) is 0 Å². The van der Waals surface area contributed by atoms with Crippen LogP contribution in [0.15, 0.2) is 48.5 Å². The molecule has 0 aromatic heterocycles. The van der Waals surface area contributed by atoms with Crippen LogP contribution < -0.4 is 10.6 Å². The van der Waals surface area contributed by atoms with Gasteiger partial charge in [0.15, 0.2) is 0 Å². The van der Waals surface area contributed by atoms with Crippen LogP contribution in [-0.2, 0) is 9.53 Å². The molecule has 2 N–H and O–H groups in total. The second kappa shape index (κ2) is 6.71. The van der Waals surface area contributed by atoms with E-state index in [1.165, 1.54) is 0 Å². The van der Waals surface area contributed by atoms with Crippen molar-refractivity contribution in [3.63, 3.8) is 0 Å². The summed E-state index contributed by atoms with van der Waals surface area (Å²) >= 11 is 5.80. The fourth-order valence-corrected chi connectivity index (χ4v) is 2.41. The van der Waals surface area contributed by atoms with Crippen molar-refractivity contribution >= 4 is 34.9 Å². The Hall–Kier alpha value is -2.53. The highest BCUT2D eigenvalue weighted by molar-refractivity contribution is 6.30. The van der Waals surface area contributed by atoms with E-state index in [-0.39, 0.29) is 17.9 Å². The van der Waals surface area contributed by atoms with Gasteiger partial charge in [-0.15, -0.1) is 0 Å². The van der Waals surface area contributed by atoms with E-state index in [1.54, 1.807) is 36.4 Å². The number of hydrogen-bond acceptors (Lipinski definition) is 4. The average molecular weight is 331 g/mol. The molecule has 23 heavy (non-hydrogen) atoms. The second-order valence-corrected chi connectivity index (χ2v) is 5.63. The van der Waals surface area contributed by atoms with Crippen LogP contribution in [0, 0.1) is 0 Å². The zero-order valence-electron chi connectivity index (χ0n) is 12.2. The molecule has 0 spiro atoms. The zero-order chi connectivity index (χ0) is 16.2. The van der Waals surface area contributed by atoms with Crippen molar-refractivity contribution in [2.75, 3.05) is 17.2 Å². The van der Waals surface area contributed by atoms with Crippen LogP contribution in [0.2, 0.25) is 5.02 Å². The molecule has 0 bridgehead atoms. The molecule has 1 amide bonds. The van der Waals surface area contributed by atoms with Crippen LogP contribution in [0.3, 0.4) is 0 Å². The SMILES string of the molecule is O=C(Nc1ccc(N[C@H]2CCOC2=O)cc1)c1ccc(Cl)cc1. The van der Waals surface area contributed by atoms with Gasteiger partial charge in [0.05, 0.1) is 6.61 Å². The van der Waals surface area contributed by atoms with Gasteiger partial charge < -0.3 is 15.4 Å². The minimum atomic E-state index is -0.301. The Labute approximate surface area is 138 Å². The fraction of sp³-hybridized carbons (Fsp3) is 0.176. The van der Waals surface area contributed by atoms with Gasteiger partial charge in [-0.3, -0.25) is 4.79 Å². The fourth-order valence-electron chi connectivity index (χ4n) is 2.28. The third-order valence-corrected chi connectivity index (χ3v) is 3.78. The predicted molar refractivity (Wildman–Crippen MR) is 88.8 cm³/mol. The van der Waals surface area contributed by atoms with Gasteiger partial charge in [0.25, 0.3) is 5.91 Å². The lowest BCUT2D eigenvalue weighted by Gasteiger charge is -2.11. The summed E-state index contributed by atoms with van der Waals surface area (Å²) in [7, 11) is 0. The van der Waals surface area contributed by atoms with Gasteiger partial charge in [-0.05, 0) is 48.5 Å². The van der Waals surface area contributed by atoms with Crippen molar-refractivity contribution in [2.45, 2.75) is 12.5 Å². The van der Waals surface area contributed by atoms with Crippen LogP contribution in [-0.4, -0.2) is 24.5 Å². The van der Waals surface area contributed by atoms with Crippen molar-refractivity contribution in [2.24, 2.45) is 0 Å². The van der Waals surface area contributed by atoms with Gasteiger partial charge in [-0.2, -0.15) is 0 Å². The summed E-state index contributed by atoms with van der Waals surface area (Å²) in [4.78, 5) is 23.5. The highest BCUT2D eigenvalue weighted by atomic mass is 35.5. The number of hydrogen-bond donors (Lipinski definition) is 2. The van der Waals surface area contributed by atoms with Gasteiger partial charge in [0.2, 0.25) is 0 Å². The smallest absolute Gasteiger partial charge is 0.328 e. The summed E-state index contributed by atoms with van der Waals surface area (Å²) in [5, 5.41) is 6.50. The van der Waals surface area contributed by atoms with Crippen molar-refractivity contribution in [3.8, 4) is 0 Å². The Morgan fingerprint density at radius 3 is 2.30 bits per heavy atom. The third kappa shape index (κ3) is 3.81. The van der Waals surface area contributed by atoms with E-state index < -0.39 is 0 Å². The minimum Gasteiger partial charge on any atom is -0.464 e. The number of ether oxygens (including phenoxy) is 1. The van der Waals surface area contributed by atoms with Crippen LogP contribution in [0.25, 0.3) is 0 Å². The molecule has 0 radical (unpaired) electrons. The van der Waals surface area contributed by atoms with Crippen LogP contribution in [0.4, 0.5) is 11.4 Å². The molecule has 0 unspecified atom stereocenters. The van der Waals surface area contributed by atoms with Gasteiger partial charge >= 0.3 is 5.97 Å². The molecule has 1 aliphatic rings. The van der Waals surface area contributed by atoms with Gasteiger partial charge in [-0.25, -0.2) is 4.79 Å². The Kier molecular flexibility index (Phi) is 4.48. The molecule has 118 valence electrons. The lowest BCUT2D eigenvalue weighted by atomic mass is 10.2. The van der Waals surface area contributed by atoms with E-state index in [1.807, 2.05) is 12.1 Å². The molecule has 0 aliphatic carbocycles. The van der Waals surface area contributed by atoms with Crippen molar-refractivity contribution in [3.05, 3.63) is 59.1 Å². The molecule has 1 heterocycles. The first kappa shape index (κ1) is 15.4. The summed E-state index contributed by atoms with van der Waals surface area (Å²) in [6.07, 6.45) is 0.661. The van der Waals surface area contributed by atoms with E-state index in [4.69, 9.17) is 16.3 Å². The summed E-state index contributed by atoms with van der Waals surface area (Å²) in [5.41, 5.74) is 2.01. The molecular formula is C17H15ClN2O3. The van der Waals surface area contributed by atoms with E-state index in [2.05, 4.69) is 10.6 Å². The number of halogens is 1. The molecule has 5 nitrogen and oxygen atoms in total. The van der Waals surface area contributed by atoms with Crippen LogP contribution >= 0.6 is 11.6 Å². The van der Waals surface area contributed by atoms with Crippen LogP contribution in [0.1, 0.15) is 16.8 Å². The van der Waals surface area contributed by atoms with E-state index in [0.717, 1.165) is 5.69 Å². The number of nitrogens with one attached hydrogen (secondary N) is 2. The quantitative estimate of drug-likeness (QED) is 0.844.